The number of halogens is 1. The van der Waals surface area contributed by atoms with E-state index in [1.54, 1.807) is 7.11 Å². The molecule has 0 spiro atoms. The van der Waals surface area contributed by atoms with Gasteiger partial charge >= 0.3 is 0 Å². The highest BCUT2D eigenvalue weighted by Gasteiger charge is 2.34. The summed E-state index contributed by atoms with van der Waals surface area (Å²) in [5.41, 5.74) is 3.88. The first kappa shape index (κ1) is 18.0. The summed E-state index contributed by atoms with van der Waals surface area (Å²) in [5.74, 6) is 1.09. The molecule has 1 fully saturated rings. The molecule has 3 aromatic rings. The van der Waals surface area contributed by atoms with Gasteiger partial charge in [-0.2, -0.15) is 0 Å². The van der Waals surface area contributed by atoms with Crippen molar-refractivity contribution in [2.24, 2.45) is 0 Å². The van der Waals surface area contributed by atoms with Crippen LogP contribution in [-0.2, 0) is 16.1 Å². The number of imidazole rings is 1. The number of para-hydroxylation sites is 2. The van der Waals surface area contributed by atoms with Crippen LogP contribution in [-0.4, -0.2) is 35.7 Å². The number of nitrogens with zero attached hydrogens (tertiary/aromatic N) is 3. The molecule has 5 nitrogen and oxygen atoms in total. The van der Waals surface area contributed by atoms with Crippen LogP contribution in [0.3, 0.4) is 0 Å². The summed E-state index contributed by atoms with van der Waals surface area (Å²) < 4.78 is 7.46. The molecule has 1 atom stereocenters. The minimum Gasteiger partial charge on any atom is -0.383 e. The molecule has 2 heterocycles. The largest absolute Gasteiger partial charge is 0.383 e. The van der Waals surface area contributed by atoms with E-state index in [-0.39, 0.29) is 11.8 Å². The van der Waals surface area contributed by atoms with Crippen LogP contribution >= 0.6 is 11.6 Å². The fourth-order valence-corrected chi connectivity index (χ4v) is 3.88. The molecular formula is C21H22ClN3O2. The minimum atomic E-state index is 0.0434. The Balaban J connectivity index is 1.68. The van der Waals surface area contributed by atoms with Crippen molar-refractivity contribution in [1.82, 2.24) is 9.55 Å². The Morgan fingerprint density at radius 2 is 2.07 bits per heavy atom. The van der Waals surface area contributed by atoms with Gasteiger partial charge in [0.2, 0.25) is 5.91 Å². The predicted molar refractivity (Wildman–Crippen MR) is 108 cm³/mol. The third-order valence-electron chi connectivity index (χ3n) is 5.16. The lowest BCUT2D eigenvalue weighted by Crippen LogP contribution is -2.24. The molecule has 0 unspecified atom stereocenters. The predicted octanol–water partition coefficient (Wildman–Crippen LogP) is 4.17. The zero-order valence-electron chi connectivity index (χ0n) is 15.5. The van der Waals surface area contributed by atoms with Crippen LogP contribution in [0.2, 0.25) is 5.02 Å². The summed E-state index contributed by atoms with van der Waals surface area (Å²) >= 11 is 6.26. The number of hydrogen-bond acceptors (Lipinski definition) is 3. The monoisotopic (exact) mass is 383 g/mol. The van der Waals surface area contributed by atoms with E-state index >= 15 is 0 Å². The van der Waals surface area contributed by atoms with E-state index in [1.165, 1.54) is 0 Å². The second-order valence-corrected chi connectivity index (χ2v) is 7.35. The number of rotatable bonds is 5. The Morgan fingerprint density at radius 3 is 2.85 bits per heavy atom. The number of methoxy groups -OCH3 is 1. The van der Waals surface area contributed by atoms with E-state index in [1.807, 2.05) is 48.2 Å². The number of ether oxygens (including phenoxy) is 1. The lowest BCUT2D eigenvalue weighted by molar-refractivity contribution is -0.117. The van der Waals surface area contributed by atoms with Crippen molar-refractivity contribution >= 4 is 34.2 Å². The van der Waals surface area contributed by atoms with Crippen LogP contribution in [0.15, 0.2) is 42.5 Å². The summed E-state index contributed by atoms with van der Waals surface area (Å²) in [7, 11) is 1.70. The lowest BCUT2D eigenvalue weighted by atomic mass is 10.1. The molecule has 0 radical (unpaired) electrons. The zero-order valence-corrected chi connectivity index (χ0v) is 16.2. The summed E-state index contributed by atoms with van der Waals surface area (Å²) in [6.45, 7) is 3.88. The first-order valence-electron chi connectivity index (χ1n) is 9.09. The van der Waals surface area contributed by atoms with Crippen molar-refractivity contribution in [3.05, 3.63) is 58.9 Å². The van der Waals surface area contributed by atoms with Crippen molar-refractivity contribution in [2.45, 2.75) is 25.8 Å². The van der Waals surface area contributed by atoms with Crippen molar-refractivity contribution < 1.29 is 9.53 Å². The van der Waals surface area contributed by atoms with Crippen molar-refractivity contribution in [1.29, 1.82) is 0 Å². The van der Waals surface area contributed by atoms with E-state index < -0.39 is 0 Å². The van der Waals surface area contributed by atoms with Crippen LogP contribution in [0.5, 0.6) is 0 Å². The van der Waals surface area contributed by atoms with Crippen LogP contribution in [0.1, 0.15) is 23.7 Å². The maximum absolute atomic E-state index is 12.7. The zero-order chi connectivity index (χ0) is 19.0. The molecule has 1 aliphatic heterocycles. The molecule has 2 aromatic carbocycles. The second kappa shape index (κ2) is 7.33. The van der Waals surface area contributed by atoms with E-state index in [2.05, 4.69) is 10.6 Å². The van der Waals surface area contributed by atoms with Crippen LogP contribution in [0.25, 0.3) is 11.0 Å². The fraction of sp³-hybridized carbons (Fsp3) is 0.333. The number of anilines is 1. The van der Waals surface area contributed by atoms with Gasteiger partial charge in [-0.15, -0.1) is 0 Å². The Bertz CT molecular complexity index is 998. The Kier molecular flexibility index (Phi) is 4.89. The number of aromatic nitrogens is 2. The molecule has 1 aromatic heterocycles. The molecule has 0 bridgehead atoms. The van der Waals surface area contributed by atoms with Crippen LogP contribution in [0.4, 0.5) is 5.69 Å². The molecular weight excluding hydrogens is 362 g/mol. The van der Waals surface area contributed by atoms with Crippen molar-refractivity contribution in [3.8, 4) is 0 Å². The number of hydrogen-bond donors (Lipinski definition) is 0. The standard InChI is InChI=1S/C21H22ClN3O2/c1-14-7-8-16(12-17(14)22)25-13-15(11-20(25)26)21-23-18-5-3-4-6-19(18)24(21)9-10-27-2/h3-8,12,15H,9-11,13H2,1-2H3/t15-/m0/s1. The van der Waals surface area contributed by atoms with E-state index in [0.29, 0.717) is 31.1 Å². The smallest absolute Gasteiger partial charge is 0.227 e. The fourth-order valence-electron chi connectivity index (χ4n) is 3.70. The number of carbonyl (C=O) groups is 1. The topological polar surface area (TPSA) is 47.4 Å². The normalized spacial score (nSPS) is 17.2. The molecule has 1 saturated heterocycles. The molecule has 1 amide bonds. The molecule has 1 aliphatic rings. The maximum Gasteiger partial charge on any atom is 0.227 e. The number of carbonyl (C=O) groups excluding carboxylic acids is 1. The number of aryl methyl sites for hydroxylation is 1. The highest BCUT2D eigenvalue weighted by molar-refractivity contribution is 6.31. The van der Waals surface area contributed by atoms with Gasteiger partial charge < -0.3 is 14.2 Å². The van der Waals surface area contributed by atoms with Gasteiger partial charge in [0.1, 0.15) is 5.82 Å². The van der Waals surface area contributed by atoms with Crippen molar-refractivity contribution in [2.75, 3.05) is 25.2 Å². The summed E-state index contributed by atoms with van der Waals surface area (Å²) in [6.07, 6.45) is 0.446. The Morgan fingerprint density at radius 1 is 1.26 bits per heavy atom. The number of benzene rings is 2. The molecule has 0 saturated carbocycles. The van der Waals surface area contributed by atoms with Crippen LogP contribution in [0, 0.1) is 6.92 Å². The molecule has 6 heteroatoms. The molecule has 0 N–H and O–H groups in total. The van der Waals surface area contributed by atoms with E-state index in [9.17, 15) is 4.79 Å². The van der Waals surface area contributed by atoms with Gasteiger partial charge in [-0.3, -0.25) is 4.79 Å². The molecule has 4 rings (SSSR count). The Hall–Kier alpha value is -2.37. The van der Waals surface area contributed by atoms with Gasteiger partial charge in [-0.05, 0) is 36.8 Å². The Labute approximate surface area is 163 Å². The molecule has 0 aliphatic carbocycles. The number of amides is 1. The van der Waals surface area contributed by atoms with Gasteiger partial charge in [0.05, 0.1) is 17.6 Å². The first-order chi connectivity index (χ1) is 13.1. The third kappa shape index (κ3) is 3.33. The number of fused-ring (bicyclic) bond motifs is 1. The van der Waals surface area contributed by atoms with Gasteiger partial charge in [0.25, 0.3) is 0 Å². The van der Waals surface area contributed by atoms with Gasteiger partial charge in [-0.25, -0.2) is 4.98 Å². The van der Waals surface area contributed by atoms with Gasteiger partial charge in [0.15, 0.2) is 0 Å². The molecule has 140 valence electrons. The highest BCUT2D eigenvalue weighted by Crippen LogP contribution is 2.34. The van der Waals surface area contributed by atoms with Gasteiger partial charge in [0, 0.05) is 43.2 Å². The summed E-state index contributed by atoms with van der Waals surface area (Å²) in [6, 6.07) is 13.8. The first-order valence-corrected chi connectivity index (χ1v) is 9.47. The second-order valence-electron chi connectivity index (χ2n) is 6.94. The maximum atomic E-state index is 12.7. The average molecular weight is 384 g/mol. The van der Waals surface area contributed by atoms with Crippen molar-refractivity contribution in [3.63, 3.8) is 0 Å². The summed E-state index contributed by atoms with van der Waals surface area (Å²) in [5, 5.41) is 0.677. The minimum absolute atomic E-state index is 0.0434. The lowest BCUT2D eigenvalue weighted by Gasteiger charge is -2.18. The van der Waals surface area contributed by atoms with E-state index in [0.717, 1.165) is 28.1 Å². The molecule has 27 heavy (non-hydrogen) atoms. The average Bonchev–Trinajstić information content (AvgIpc) is 3.23. The SMILES string of the molecule is COCCn1c([C@H]2CC(=O)N(c3ccc(C)c(Cl)c3)C2)nc2ccccc21. The highest BCUT2D eigenvalue weighted by atomic mass is 35.5. The van der Waals surface area contributed by atoms with Gasteiger partial charge in [-0.1, -0.05) is 29.8 Å². The summed E-state index contributed by atoms with van der Waals surface area (Å²) in [4.78, 5) is 19.4. The van der Waals surface area contributed by atoms with Crippen LogP contribution < -0.4 is 4.90 Å². The quantitative estimate of drug-likeness (QED) is 0.664. The van der Waals surface area contributed by atoms with E-state index in [4.69, 9.17) is 21.3 Å². The third-order valence-corrected chi connectivity index (χ3v) is 5.57.